The fourth-order valence-corrected chi connectivity index (χ4v) is 3.99. The summed E-state index contributed by atoms with van der Waals surface area (Å²) in [5.74, 6) is 0.394. The molecule has 26 heavy (non-hydrogen) atoms. The summed E-state index contributed by atoms with van der Waals surface area (Å²) in [6.45, 7) is 3.23. The van der Waals surface area contributed by atoms with E-state index in [1.54, 1.807) is 25.0 Å². The second-order valence-electron chi connectivity index (χ2n) is 6.87. The minimum atomic E-state index is -0.513. The zero-order chi connectivity index (χ0) is 18.3. The molecule has 7 heteroatoms. The van der Waals surface area contributed by atoms with Crippen LogP contribution in [0.1, 0.15) is 21.8 Å². The summed E-state index contributed by atoms with van der Waals surface area (Å²) in [4.78, 5) is 29.0. The number of carbonyl (C=O) groups excluding carboxylic acids is 2. The molecule has 3 atom stereocenters. The Balaban J connectivity index is 1.55. The third-order valence-corrected chi connectivity index (χ3v) is 5.23. The zero-order valence-electron chi connectivity index (χ0n) is 14.8. The Morgan fingerprint density at radius 1 is 1.31 bits per heavy atom. The molecule has 2 saturated heterocycles. The Kier molecular flexibility index (Phi) is 4.24. The number of benzene rings is 1. The number of hydrogen-bond donors (Lipinski definition) is 0. The van der Waals surface area contributed by atoms with Gasteiger partial charge in [-0.05, 0) is 12.5 Å². The van der Waals surface area contributed by atoms with Crippen molar-refractivity contribution in [1.82, 2.24) is 15.0 Å². The number of carbonyl (C=O) groups is 2. The van der Waals surface area contributed by atoms with Crippen molar-refractivity contribution in [1.29, 1.82) is 0 Å². The average molecular weight is 355 g/mol. The number of nitrogens with zero attached hydrogens (tertiary/aromatic N) is 3. The van der Waals surface area contributed by atoms with Crippen molar-refractivity contribution in [2.24, 2.45) is 5.92 Å². The molecule has 1 aromatic heterocycles. The summed E-state index contributed by atoms with van der Waals surface area (Å²) >= 11 is 0. The molecular formula is C19H21N3O4. The van der Waals surface area contributed by atoms with Crippen LogP contribution in [0.3, 0.4) is 0 Å². The third-order valence-electron chi connectivity index (χ3n) is 5.23. The van der Waals surface area contributed by atoms with E-state index in [0.717, 1.165) is 5.56 Å². The zero-order valence-corrected chi connectivity index (χ0v) is 14.8. The van der Waals surface area contributed by atoms with Crippen molar-refractivity contribution in [3.8, 4) is 0 Å². The lowest BCUT2D eigenvalue weighted by molar-refractivity contribution is -0.138. The number of amides is 2. The number of aryl methyl sites for hydroxylation is 1. The number of ether oxygens (including phenoxy) is 1. The van der Waals surface area contributed by atoms with Gasteiger partial charge >= 0.3 is 0 Å². The van der Waals surface area contributed by atoms with Crippen LogP contribution in [0.5, 0.6) is 0 Å². The number of aromatic nitrogens is 1. The Morgan fingerprint density at radius 2 is 2.08 bits per heavy atom. The van der Waals surface area contributed by atoms with Crippen LogP contribution >= 0.6 is 0 Å². The predicted molar refractivity (Wildman–Crippen MR) is 92.2 cm³/mol. The first-order valence-electron chi connectivity index (χ1n) is 8.68. The fraction of sp³-hybridized carbons (Fsp3) is 0.421. The van der Waals surface area contributed by atoms with Crippen LogP contribution < -0.4 is 0 Å². The maximum absolute atomic E-state index is 12.8. The molecule has 0 spiro atoms. The lowest BCUT2D eigenvalue weighted by atomic mass is 10.0. The van der Waals surface area contributed by atoms with E-state index >= 15 is 0 Å². The summed E-state index contributed by atoms with van der Waals surface area (Å²) < 4.78 is 10.5. The molecule has 2 aromatic rings. The lowest BCUT2D eigenvalue weighted by Gasteiger charge is -2.25. The van der Waals surface area contributed by atoms with Crippen molar-refractivity contribution in [3.05, 3.63) is 53.4 Å². The maximum atomic E-state index is 12.8. The van der Waals surface area contributed by atoms with Crippen molar-refractivity contribution >= 4 is 11.8 Å². The van der Waals surface area contributed by atoms with E-state index in [-0.39, 0.29) is 23.8 Å². The monoisotopic (exact) mass is 355 g/mol. The molecule has 0 radical (unpaired) electrons. The molecule has 3 heterocycles. The van der Waals surface area contributed by atoms with Crippen molar-refractivity contribution < 1.29 is 18.8 Å². The molecule has 2 amide bonds. The van der Waals surface area contributed by atoms with E-state index in [4.69, 9.17) is 9.26 Å². The van der Waals surface area contributed by atoms with Crippen LogP contribution in [0.15, 0.2) is 40.9 Å². The number of methoxy groups -OCH3 is 1. The van der Waals surface area contributed by atoms with Gasteiger partial charge in [0.1, 0.15) is 11.9 Å². The van der Waals surface area contributed by atoms with Crippen LogP contribution in [0, 0.1) is 12.8 Å². The molecule has 0 aliphatic carbocycles. The first kappa shape index (κ1) is 16.8. The van der Waals surface area contributed by atoms with Gasteiger partial charge in [0.2, 0.25) is 0 Å². The summed E-state index contributed by atoms with van der Waals surface area (Å²) in [5.41, 5.74) is 1.37. The molecular weight excluding hydrogens is 334 g/mol. The second kappa shape index (κ2) is 6.57. The van der Waals surface area contributed by atoms with E-state index in [0.29, 0.717) is 31.1 Å². The SMILES string of the molecule is CO[C@@H]1C(=O)N(Cc2ccccc2)[C@@H]2CN(C(=O)c3cc(C)on3)C[C@H]12. The van der Waals surface area contributed by atoms with Crippen LogP contribution in [0.25, 0.3) is 0 Å². The Labute approximate surface area is 151 Å². The molecule has 0 saturated carbocycles. The van der Waals surface area contributed by atoms with Crippen molar-refractivity contribution in [2.75, 3.05) is 20.2 Å². The first-order chi connectivity index (χ1) is 12.6. The summed E-state index contributed by atoms with van der Waals surface area (Å²) in [6.07, 6.45) is -0.513. The van der Waals surface area contributed by atoms with Crippen molar-refractivity contribution in [2.45, 2.75) is 25.6 Å². The fourth-order valence-electron chi connectivity index (χ4n) is 3.99. The van der Waals surface area contributed by atoms with E-state index < -0.39 is 6.10 Å². The largest absolute Gasteiger partial charge is 0.371 e. The van der Waals surface area contributed by atoms with Gasteiger partial charge in [0.05, 0.1) is 6.04 Å². The molecule has 0 bridgehead atoms. The van der Waals surface area contributed by atoms with Gasteiger partial charge in [0.15, 0.2) is 5.69 Å². The van der Waals surface area contributed by atoms with Crippen molar-refractivity contribution in [3.63, 3.8) is 0 Å². The van der Waals surface area contributed by atoms with Crippen LogP contribution in [-0.2, 0) is 16.1 Å². The average Bonchev–Trinajstić information content (AvgIpc) is 3.32. The molecule has 136 valence electrons. The van der Waals surface area contributed by atoms with E-state index in [2.05, 4.69) is 5.16 Å². The first-order valence-corrected chi connectivity index (χ1v) is 8.68. The van der Waals surface area contributed by atoms with Gasteiger partial charge in [-0.15, -0.1) is 0 Å². The van der Waals surface area contributed by atoms with E-state index in [1.165, 1.54) is 0 Å². The molecule has 2 aliphatic rings. The second-order valence-corrected chi connectivity index (χ2v) is 6.87. The van der Waals surface area contributed by atoms with Gasteiger partial charge < -0.3 is 19.1 Å². The molecule has 2 fully saturated rings. The van der Waals surface area contributed by atoms with Gasteiger partial charge in [-0.2, -0.15) is 0 Å². The van der Waals surface area contributed by atoms with Crippen LogP contribution in [0.4, 0.5) is 0 Å². The van der Waals surface area contributed by atoms with Crippen LogP contribution in [0.2, 0.25) is 0 Å². The minimum absolute atomic E-state index is 0.00395. The van der Waals surface area contributed by atoms with Gasteiger partial charge in [-0.1, -0.05) is 35.5 Å². The highest BCUT2D eigenvalue weighted by Crippen LogP contribution is 2.35. The minimum Gasteiger partial charge on any atom is -0.371 e. The summed E-state index contributed by atoms with van der Waals surface area (Å²) in [7, 11) is 1.55. The van der Waals surface area contributed by atoms with E-state index in [9.17, 15) is 9.59 Å². The number of likely N-dealkylation sites (tertiary alicyclic amines) is 2. The van der Waals surface area contributed by atoms with Gasteiger partial charge in [-0.3, -0.25) is 9.59 Å². The van der Waals surface area contributed by atoms with Crippen LogP contribution in [-0.4, -0.2) is 59.1 Å². The number of hydrogen-bond acceptors (Lipinski definition) is 5. The van der Waals surface area contributed by atoms with Gasteiger partial charge in [0, 0.05) is 38.7 Å². The molecule has 0 N–H and O–H groups in total. The normalized spacial score (nSPS) is 25.0. The Bertz CT molecular complexity index is 819. The molecule has 7 nitrogen and oxygen atoms in total. The standard InChI is InChI=1S/C19H21N3O4/c1-12-8-15(20-26-12)18(23)21-10-14-16(11-21)22(19(24)17(14)25-2)9-13-6-4-3-5-7-13/h3-8,14,16-17H,9-11H2,1-2H3/t14-,16+,17-/m0/s1. The number of rotatable bonds is 4. The third kappa shape index (κ3) is 2.78. The lowest BCUT2D eigenvalue weighted by Crippen LogP contribution is -2.40. The summed E-state index contributed by atoms with van der Waals surface area (Å²) in [6, 6.07) is 11.4. The highest BCUT2D eigenvalue weighted by Gasteiger charge is 2.53. The quantitative estimate of drug-likeness (QED) is 0.830. The van der Waals surface area contributed by atoms with Gasteiger partial charge in [0.25, 0.3) is 11.8 Å². The maximum Gasteiger partial charge on any atom is 0.276 e. The highest BCUT2D eigenvalue weighted by molar-refractivity contribution is 5.93. The smallest absolute Gasteiger partial charge is 0.276 e. The topological polar surface area (TPSA) is 75.9 Å². The Hall–Kier alpha value is -2.67. The molecule has 4 rings (SSSR count). The highest BCUT2D eigenvalue weighted by atomic mass is 16.5. The van der Waals surface area contributed by atoms with E-state index in [1.807, 2.05) is 35.2 Å². The molecule has 0 unspecified atom stereocenters. The number of fused-ring (bicyclic) bond motifs is 1. The molecule has 2 aliphatic heterocycles. The Morgan fingerprint density at radius 3 is 2.73 bits per heavy atom. The van der Waals surface area contributed by atoms with Gasteiger partial charge in [-0.25, -0.2) is 0 Å². The molecule has 1 aromatic carbocycles. The predicted octanol–water partition coefficient (Wildman–Crippen LogP) is 1.48. The summed E-state index contributed by atoms with van der Waals surface area (Å²) in [5, 5.41) is 3.82.